The number of urea groups is 1. The molecule has 0 bridgehead atoms. The van der Waals surface area contributed by atoms with Crippen LogP contribution >= 0.6 is 0 Å². The zero-order chi connectivity index (χ0) is 19.3. The first-order valence-corrected chi connectivity index (χ1v) is 9.72. The van der Waals surface area contributed by atoms with Crippen LogP contribution in [0.15, 0.2) is 54.9 Å². The van der Waals surface area contributed by atoms with Gasteiger partial charge in [0.15, 0.2) is 0 Å². The van der Waals surface area contributed by atoms with Gasteiger partial charge < -0.3 is 15.1 Å². The van der Waals surface area contributed by atoms with Crippen molar-refractivity contribution in [3.8, 4) is 0 Å². The summed E-state index contributed by atoms with van der Waals surface area (Å²) >= 11 is 0. The maximum atomic E-state index is 12.7. The quantitative estimate of drug-likeness (QED) is 0.878. The summed E-state index contributed by atoms with van der Waals surface area (Å²) in [5.41, 5.74) is 2.49. The van der Waals surface area contributed by atoms with Crippen LogP contribution in [0.4, 0.5) is 10.5 Å². The minimum absolute atomic E-state index is 0.0218. The molecule has 1 atom stereocenters. The van der Waals surface area contributed by atoms with Crippen molar-refractivity contribution in [3.05, 3.63) is 60.4 Å². The predicted octanol–water partition coefficient (Wildman–Crippen LogP) is 3.67. The summed E-state index contributed by atoms with van der Waals surface area (Å²) in [7, 11) is 0. The summed E-state index contributed by atoms with van der Waals surface area (Å²) in [6, 6.07) is 14.7. The van der Waals surface area contributed by atoms with E-state index in [0.29, 0.717) is 0 Å². The number of pyridine rings is 1. The number of piperazine rings is 1. The number of carbonyl (C=O) groups is 1. The molecule has 2 aromatic rings. The Labute approximate surface area is 162 Å². The first kappa shape index (κ1) is 19.2. The van der Waals surface area contributed by atoms with Gasteiger partial charge in [-0.2, -0.15) is 0 Å². The van der Waals surface area contributed by atoms with Crippen molar-refractivity contribution in [2.24, 2.45) is 0 Å². The summed E-state index contributed by atoms with van der Waals surface area (Å²) in [5.74, 6) is 0. The van der Waals surface area contributed by atoms with E-state index in [2.05, 4.69) is 60.2 Å². The van der Waals surface area contributed by atoms with Crippen molar-refractivity contribution >= 4 is 11.7 Å². The standard InChI is InChI=1S/C22H30N4O/c1-18(17-22(2,3)19-7-5-4-6-8-19)24-21(27)26-15-13-25(14-16-26)20-9-11-23-12-10-20/h4-12,18H,13-17H2,1-3H3,(H,24,27). The van der Waals surface area contributed by atoms with Crippen molar-refractivity contribution in [2.45, 2.75) is 38.6 Å². The molecule has 144 valence electrons. The van der Waals surface area contributed by atoms with Crippen LogP contribution in [0.3, 0.4) is 0 Å². The van der Waals surface area contributed by atoms with E-state index in [0.717, 1.165) is 32.6 Å². The summed E-state index contributed by atoms with van der Waals surface area (Å²) in [6.07, 6.45) is 4.52. The van der Waals surface area contributed by atoms with Gasteiger partial charge in [0, 0.05) is 50.3 Å². The number of carbonyl (C=O) groups excluding carboxylic acids is 1. The molecule has 0 radical (unpaired) electrons. The number of rotatable bonds is 5. The van der Waals surface area contributed by atoms with Gasteiger partial charge in [0.1, 0.15) is 0 Å². The average Bonchev–Trinajstić information content (AvgIpc) is 2.69. The van der Waals surface area contributed by atoms with E-state index in [1.807, 2.05) is 35.5 Å². The van der Waals surface area contributed by atoms with Crippen LogP contribution in [0.25, 0.3) is 0 Å². The van der Waals surface area contributed by atoms with Crippen LogP contribution in [0, 0.1) is 0 Å². The SMILES string of the molecule is CC(CC(C)(C)c1ccccc1)NC(=O)N1CCN(c2ccncc2)CC1. The Balaban J connectivity index is 1.49. The highest BCUT2D eigenvalue weighted by Crippen LogP contribution is 2.28. The molecule has 1 aromatic heterocycles. The van der Waals surface area contributed by atoms with Gasteiger partial charge in [-0.3, -0.25) is 4.98 Å². The van der Waals surface area contributed by atoms with Crippen LogP contribution in [-0.2, 0) is 5.41 Å². The molecule has 0 saturated carbocycles. The predicted molar refractivity (Wildman–Crippen MR) is 110 cm³/mol. The second-order valence-corrected chi connectivity index (χ2v) is 7.98. The Morgan fingerprint density at radius 2 is 1.70 bits per heavy atom. The highest BCUT2D eigenvalue weighted by atomic mass is 16.2. The zero-order valence-electron chi connectivity index (χ0n) is 16.6. The number of anilines is 1. The third-order valence-corrected chi connectivity index (χ3v) is 5.34. The lowest BCUT2D eigenvalue weighted by Gasteiger charge is -2.37. The number of amides is 2. The van der Waals surface area contributed by atoms with Gasteiger partial charge in [-0.1, -0.05) is 44.2 Å². The summed E-state index contributed by atoms with van der Waals surface area (Å²) in [6.45, 7) is 9.74. The Hall–Kier alpha value is -2.56. The number of nitrogens with one attached hydrogen (secondary N) is 1. The van der Waals surface area contributed by atoms with E-state index < -0.39 is 0 Å². The number of aromatic nitrogens is 1. The summed E-state index contributed by atoms with van der Waals surface area (Å²) in [5, 5.41) is 3.19. The van der Waals surface area contributed by atoms with E-state index in [-0.39, 0.29) is 17.5 Å². The maximum Gasteiger partial charge on any atom is 0.317 e. The molecule has 1 aromatic carbocycles. The normalized spacial score (nSPS) is 16.1. The molecule has 1 unspecified atom stereocenters. The van der Waals surface area contributed by atoms with Crippen molar-refractivity contribution in [1.29, 1.82) is 0 Å². The lowest BCUT2D eigenvalue weighted by atomic mass is 9.79. The molecule has 2 heterocycles. The highest BCUT2D eigenvalue weighted by Gasteiger charge is 2.26. The van der Waals surface area contributed by atoms with Crippen molar-refractivity contribution in [1.82, 2.24) is 15.2 Å². The largest absolute Gasteiger partial charge is 0.368 e. The lowest BCUT2D eigenvalue weighted by molar-refractivity contribution is 0.189. The van der Waals surface area contributed by atoms with Crippen LogP contribution in [0.2, 0.25) is 0 Å². The third-order valence-electron chi connectivity index (χ3n) is 5.34. The van der Waals surface area contributed by atoms with Crippen LogP contribution < -0.4 is 10.2 Å². The van der Waals surface area contributed by atoms with Gasteiger partial charge in [-0.05, 0) is 36.5 Å². The van der Waals surface area contributed by atoms with E-state index >= 15 is 0 Å². The first-order valence-electron chi connectivity index (χ1n) is 9.72. The number of hydrogen-bond donors (Lipinski definition) is 1. The fraction of sp³-hybridized carbons (Fsp3) is 0.455. The molecular formula is C22H30N4O. The molecule has 2 amide bonds. The van der Waals surface area contributed by atoms with Crippen molar-refractivity contribution in [3.63, 3.8) is 0 Å². The fourth-order valence-corrected chi connectivity index (χ4v) is 3.85. The Morgan fingerprint density at radius 1 is 1.07 bits per heavy atom. The molecular weight excluding hydrogens is 336 g/mol. The van der Waals surface area contributed by atoms with Gasteiger partial charge in [0.2, 0.25) is 0 Å². The molecule has 1 saturated heterocycles. The van der Waals surface area contributed by atoms with Gasteiger partial charge in [0.05, 0.1) is 0 Å². The molecule has 0 spiro atoms. The number of hydrogen-bond acceptors (Lipinski definition) is 3. The second-order valence-electron chi connectivity index (χ2n) is 7.98. The van der Waals surface area contributed by atoms with Gasteiger partial charge in [0.25, 0.3) is 0 Å². The van der Waals surface area contributed by atoms with Crippen molar-refractivity contribution in [2.75, 3.05) is 31.1 Å². The lowest BCUT2D eigenvalue weighted by Crippen LogP contribution is -2.53. The topological polar surface area (TPSA) is 48.5 Å². The number of benzene rings is 1. The van der Waals surface area contributed by atoms with Crippen LogP contribution in [0.1, 0.15) is 32.8 Å². The van der Waals surface area contributed by atoms with Gasteiger partial charge in [-0.15, -0.1) is 0 Å². The van der Waals surface area contributed by atoms with Crippen LogP contribution in [-0.4, -0.2) is 48.1 Å². The monoisotopic (exact) mass is 366 g/mol. The maximum absolute atomic E-state index is 12.7. The number of nitrogens with zero attached hydrogens (tertiary/aromatic N) is 3. The molecule has 5 nitrogen and oxygen atoms in total. The minimum atomic E-state index is 0.0218. The Kier molecular flexibility index (Phi) is 5.99. The summed E-state index contributed by atoms with van der Waals surface area (Å²) < 4.78 is 0. The van der Waals surface area contributed by atoms with E-state index in [1.54, 1.807) is 0 Å². The molecule has 1 aliphatic rings. The van der Waals surface area contributed by atoms with E-state index in [1.165, 1.54) is 11.3 Å². The Morgan fingerprint density at radius 3 is 2.33 bits per heavy atom. The second kappa shape index (κ2) is 8.42. The molecule has 0 aliphatic carbocycles. The zero-order valence-corrected chi connectivity index (χ0v) is 16.6. The highest BCUT2D eigenvalue weighted by molar-refractivity contribution is 5.75. The fourth-order valence-electron chi connectivity index (χ4n) is 3.85. The van der Waals surface area contributed by atoms with Crippen molar-refractivity contribution < 1.29 is 4.79 Å². The van der Waals surface area contributed by atoms with Crippen LogP contribution in [0.5, 0.6) is 0 Å². The Bertz CT molecular complexity index is 724. The molecule has 1 aliphatic heterocycles. The minimum Gasteiger partial charge on any atom is -0.368 e. The van der Waals surface area contributed by atoms with Gasteiger partial charge >= 0.3 is 6.03 Å². The average molecular weight is 367 g/mol. The molecule has 27 heavy (non-hydrogen) atoms. The molecule has 5 heteroatoms. The van der Waals surface area contributed by atoms with E-state index in [4.69, 9.17) is 0 Å². The molecule has 1 N–H and O–H groups in total. The molecule has 3 rings (SSSR count). The molecule has 1 fully saturated rings. The third kappa shape index (κ3) is 5.00. The van der Waals surface area contributed by atoms with Gasteiger partial charge in [-0.25, -0.2) is 4.79 Å². The smallest absolute Gasteiger partial charge is 0.317 e. The first-order chi connectivity index (χ1) is 13.0. The summed E-state index contributed by atoms with van der Waals surface area (Å²) in [4.78, 5) is 20.9. The van der Waals surface area contributed by atoms with E-state index in [9.17, 15) is 4.79 Å².